The first-order valence-corrected chi connectivity index (χ1v) is 8.80. The highest BCUT2D eigenvalue weighted by Crippen LogP contribution is 2.34. The summed E-state index contributed by atoms with van der Waals surface area (Å²) in [5.74, 6) is 0.753. The molecule has 0 aliphatic carbocycles. The largest absolute Gasteiger partial charge is 0.349 e. The number of thiophene rings is 1. The average Bonchev–Trinajstić information content (AvgIpc) is 2.88. The molecule has 2 aromatic heterocycles. The van der Waals surface area contributed by atoms with E-state index in [9.17, 15) is 8.42 Å². The van der Waals surface area contributed by atoms with E-state index < -0.39 is 10.0 Å². The molecule has 0 aliphatic heterocycles. The molecule has 0 fully saturated rings. The number of rotatable bonds is 5. The van der Waals surface area contributed by atoms with Gasteiger partial charge in [-0.25, -0.2) is 18.1 Å². The molecule has 0 atom stereocenters. The maximum Gasteiger partial charge on any atom is 0.242 e. The van der Waals surface area contributed by atoms with Crippen molar-refractivity contribution >= 4 is 53.2 Å². The van der Waals surface area contributed by atoms with Crippen LogP contribution < -0.4 is 4.72 Å². The lowest BCUT2D eigenvalue weighted by Crippen LogP contribution is -2.26. The summed E-state index contributed by atoms with van der Waals surface area (Å²) in [5.41, 5.74) is 0. The maximum atomic E-state index is 12.0. The normalized spacial score (nSPS) is 11.9. The van der Waals surface area contributed by atoms with Crippen molar-refractivity contribution in [1.29, 1.82) is 0 Å². The smallest absolute Gasteiger partial charge is 0.242 e. The van der Waals surface area contributed by atoms with Gasteiger partial charge in [-0.3, -0.25) is 0 Å². The number of hydrogen-bond donors (Lipinski definition) is 2. The molecule has 0 saturated heterocycles. The number of nitrogens with zero attached hydrogens (tertiary/aromatic N) is 1. The molecule has 5 nitrogen and oxygen atoms in total. The second-order valence-electron chi connectivity index (χ2n) is 3.37. The van der Waals surface area contributed by atoms with E-state index in [0.29, 0.717) is 16.8 Å². The van der Waals surface area contributed by atoms with Crippen molar-refractivity contribution in [3.8, 4) is 0 Å². The fraction of sp³-hybridized carbons (Fsp3) is 0.222. The van der Waals surface area contributed by atoms with Crippen molar-refractivity contribution in [3.63, 3.8) is 0 Å². The van der Waals surface area contributed by atoms with Gasteiger partial charge in [0.15, 0.2) is 0 Å². The molecule has 0 spiro atoms. The Morgan fingerprint density at radius 3 is 2.78 bits per heavy atom. The van der Waals surface area contributed by atoms with Gasteiger partial charge >= 0.3 is 0 Å². The number of aromatic amines is 1. The third kappa shape index (κ3) is 3.41. The Labute approximate surface area is 125 Å². The van der Waals surface area contributed by atoms with Crippen LogP contribution in [0.4, 0.5) is 0 Å². The van der Waals surface area contributed by atoms with Gasteiger partial charge in [0.05, 0.1) is 7.57 Å². The van der Waals surface area contributed by atoms with Crippen LogP contribution in [0, 0.1) is 0 Å². The van der Waals surface area contributed by atoms with Crippen LogP contribution in [0.1, 0.15) is 5.82 Å². The third-order valence-electron chi connectivity index (χ3n) is 2.12. The molecule has 18 heavy (non-hydrogen) atoms. The Bertz CT molecular complexity index is 622. The molecule has 0 radical (unpaired) electrons. The lowest BCUT2D eigenvalue weighted by molar-refractivity contribution is 0.581. The van der Waals surface area contributed by atoms with Crippen molar-refractivity contribution in [2.24, 2.45) is 0 Å². The first kappa shape index (κ1) is 14.2. The van der Waals surface area contributed by atoms with E-state index in [4.69, 9.17) is 0 Å². The third-order valence-corrected chi connectivity index (χ3v) is 6.34. The highest BCUT2D eigenvalue weighted by Gasteiger charge is 2.19. The lowest BCUT2D eigenvalue weighted by Gasteiger charge is -2.04. The van der Waals surface area contributed by atoms with Crippen molar-refractivity contribution in [2.45, 2.75) is 11.3 Å². The monoisotopic (exact) mass is 413 g/mol. The van der Waals surface area contributed by atoms with Gasteiger partial charge in [-0.05, 0) is 37.9 Å². The van der Waals surface area contributed by atoms with Gasteiger partial charge in [0.1, 0.15) is 10.7 Å². The zero-order valence-electron chi connectivity index (χ0n) is 8.98. The second kappa shape index (κ2) is 5.83. The second-order valence-corrected chi connectivity index (χ2v) is 8.86. The molecule has 2 aromatic rings. The van der Waals surface area contributed by atoms with Crippen molar-refractivity contribution < 1.29 is 8.42 Å². The van der Waals surface area contributed by atoms with Crippen molar-refractivity contribution in [2.75, 3.05) is 6.54 Å². The summed E-state index contributed by atoms with van der Waals surface area (Å²) in [6.07, 6.45) is 3.86. The molecule has 98 valence electrons. The Morgan fingerprint density at radius 2 is 2.22 bits per heavy atom. The number of nitrogens with one attached hydrogen (secondary N) is 2. The standard InChI is InChI=1S/C9H9Br2N3O2S2/c10-7-5-6(9(11)17-7)18(15,16)14-2-1-8-12-3-4-13-8/h3-5,14H,1-2H2,(H,12,13). The van der Waals surface area contributed by atoms with E-state index in [1.165, 1.54) is 11.3 Å². The van der Waals surface area contributed by atoms with Crippen molar-refractivity contribution in [3.05, 3.63) is 31.9 Å². The number of sulfonamides is 1. The predicted octanol–water partition coefficient (Wildman–Crippen LogP) is 2.52. The molecule has 2 N–H and O–H groups in total. The Hall–Kier alpha value is -0.220. The van der Waals surface area contributed by atoms with E-state index in [-0.39, 0.29) is 4.90 Å². The number of aromatic nitrogens is 2. The van der Waals surface area contributed by atoms with Gasteiger partial charge < -0.3 is 4.98 Å². The molecule has 0 aromatic carbocycles. The molecule has 0 aliphatic rings. The topological polar surface area (TPSA) is 74.8 Å². The Balaban J connectivity index is 2.02. The van der Waals surface area contributed by atoms with Crippen LogP contribution in [0.15, 0.2) is 30.9 Å². The van der Waals surface area contributed by atoms with Gasteiger partial charge in [0, 0.05) is 25.4 Å². The zero-order valence-corrected chi connectivity index (χ0v) is 13.8. The van der Waals surface area contributed by atoms with E-state index in [2.05, 4.69) is 46.5 Å². The molecular formula is C9H9Br2N3O2S2. The van der Waals surface area contributed by atoms with Crippen LogP contribution in [0.25, 0.3) is 0 Å². The van der Waals surface area contributed by atoms with Crippen LogP contribution >= 0.6 is 43.2 Å². The minimum Gasteiger partial charge on any atom is -0.349 e. The number of halogens is 2. The molecule has 0 saturated carbocycles. The number of imidazole rings is 1. The minimum atomic E-state index is -3.48. The van der Waals surface area contributed by atoms with Gasteiger partial charge in [-0.15, -0.1) is 11.3 Å². The molecule has 2 heterocycles. The fourth-order valence-corrected chi connectivity index (χ4v) is 6.17. The Morgan fingerprint density at radius 1 is 1.44 bits per heavy atom. The van der Waals surface area contributed by atoms with Crippen LogP contribution in [-0.4, -0.2) is 24.9 Å². The lowest BCUT2D eigenvalue weighted by atomic mass is 10.4. The molecular weight excluding hydrogens is 406 g/mol. The number of H-pyrrole nitrogens is 1. The summed E-state index contributed by atoms with van der Waals surface area (Å²) in [7, 11) is -3.48. The van der Waals surface area contributed by atoms with Gasteiger partial charge in [0.25, 0.3) is 0 Å². The summed E-state index contributed by atoms with van der Waals surface area (Å²) in [6.45, 7) is 0.301. The average molecular weight is 415 g/mol. The highest BCUT2D eigenvalue weighted by atomic mass is 79.9. The number of hydrogen-bond acceptors (Lipinski definition) is 4. The van der Waals surface area contributed by atoms with E-state index in [0.717, 1.165) is 9.61 Å². The SMILES string of the molecule is O=S(=O)(NCCc1ncc[nH]1)c1cc(Br)sc1Br. The summed E-state index contributed by atoms with van der Waals surface area (Å²) >= 11 is 7.81. The first-order valence-electron chi connectivity index (χ1n) is 4.92. The summed E-state index contributed by atoms with van der Waals surface area (Å²) in [4.78, 5) is 7.19. The first-order chi connectivity index (χ1) is 8.49. The molecule has 0 unspecified atom stereocenters. The summed E-state index contributed by atoms with van der Waals surface area (Å²) in [5, 5.41) is 0. The van der Waals surface area contributed by atoms with Crippen LogP contribution in [0.3, 0.4) is 0 Å². The van der Waals surface area contributed by atoms with E-state index >= 15 is 0 Å². The molecule has 2 rings (SSSR count). The van der Waals surface area contributed by atoms with E-state index in [1.54, 1.807) is 18.5 Å². The summed E-state index contributed by atoms with van der Waals surface area (Å²) in [6, 6.07) is 1.57. The highest BCUT2D eigenvalue weighted by molar-refractivity contribution is 9.12. The van der Waals surface area contributed by atoms with Gasteiger partial charge in [0.2, 0.25) is 10.0 Å². The maximum absolute atomic E-state index is 12.0. The van der Waals surface area contributed by atoms with Crippen LogP contribution in [0.2, 0.25) is 0 Å². The Kier molecular flexibility index (Phi) is 4.59. The fourth-order valence-electron chi connectivity index (χ4n) is 1.32. The minimum absolute atomic E-state index is 0.249. The molecule has 0 amide bonds. The molecule has 9 heteroatoms. The quantitative estimate of drug-likeness (QED) is 0.789. The predicted molar refractivity (Wildman–Crippen MR) is 77.2 cm³/mol. The van der Waals surface area contributed by atoms with E-state index in [1.807, 2.05) is 0 Å². The van der Waals surface area contributed by atoms with Crippen LogP contribution in [-0.2, 0) is 16.4 Å². The summed E-state index contributed by atoms with van der Waals surface area (Å²) < 4.78 is 27.9. The van der Waals surface area contributed by atoms with Crippen molar-refractivity contribution in [1.82, 2.24) is 14.7 Å². The van der Waals surface area contributed by atoms with Gasteiger partial charge in [-0.2, -0.15) is 0 Å². The zero-order chi connectivity index (χ0) is 13.2. The van der Waals surface area contributed by atoms with Gasteiger partial charge in [-0.1, -0.05) is 0 Å². The van der Waals surface area contributed by atoms with Crippen LogP contribution in [0.5, 0.6) is 0 Å². The molecule has 0 bridgehead atoms.